The summed E-state index contributed by atoms with van der Waals surface area (Å²) in [6.45, 7) is 4.69. The summed E-state index contributed by atoms with van der Waals surface area (Å²) in [5, 5.41) is 10.4. The van der Waals surface area contributed by atoms with E-state index in [-0.39, 0.29) is 6.10 Å². The maximum atomic E-state index is 10.4. The van der Waals surface area contributed by atoms with Crippen LogP contribution in [-0.4, -0.2) is 22.7 Å². The van der Waals surface area contributed by atoms with Crippen molar-refractivity contribution in [3.05, 3.63) is 0 Å². The Hall–Kier alpha value is 0.310. The molecule has 1 aliphatic heterocycles. The van der Waals surface area contributed by atoms with Gasteiger partial charge in [0.05, 0.1) is 6.10 Å². The van der Waals surface area contributed by atoms with Crippen LogP contribution in [0.5, 0.6) is 0 Å². The molecule has 2 fully saturated rings. The highest BCUT2D eigenvalue weighted by atomic mass is 32.2. The summed E-state index contributed by atoms with van der Waals surface area (Å²) < 4.78 is 0. The molecular weight excluding hydrogens is 204 g/mol. The van der Waals surface area contributed by atoms with Gasteiger partial charge in [0, 0.05) is 0 Å². The molecule has 0 spiro atoms. The number of hydrogen-bond acceptors (Lipinski definition) is 2. The third-order valence-corrected chi connectivity index (χ3v) is 5.33. The van der Waals surface area contributed by atoms with E-state index in [9.17, 15) is 5.11 Å². The van der Waals surface area contributed by atoms with Crippen LogP contribution in [0, 0.1) is 23.7 Å². The molecule has 1 nitrogen and oxygen atoms in total. The summed E-state index contributed by atoms with van der Waals surface area (Å²) in [4.78, 5) is 0. The summed E-state index contributed by atoms with van der Waals surface area (Å²) in [5.41, 5.74) is 0. The van der Waals surface area contributed by atoms with Crippen molar-refractivity contribution in [2.45, 2.75) is 45.6 Å². The fraction of sp³-hybridized carbons (Fsp3) is 1.00. The molecule has 1 N–H and O–H groups in total. The van der Waals surface area contributed by atoms with Gasteiger partial charge in [-0.15, -0.1) is 0 Å². The lowest BCUT2D eigenvalue weighted by Crippen LogP contribution is -2.34. The van der Waals surface area contributed by atoms with Gasteiger partial charge in [0.1, 0.15) is 0 Å². The Morgan fingerprint density at radius 1 is 1.07 bits per heavy atom. The maximum absolute atomic E-state index is 10.4. The molecular formula is C13H24OS. The molecule has 4 unspecified atom stereocenters. The average molecular weight is 228 g/mol. The third kappa shape index (κ3) is 2.91. The molecule has 1 heterocycles. The van der Waals surface area contributed by atoms with Crippen molar-refractivity contribution in [1.82, 2.24) is 0 Å². The van der Waals surface area contributed by atoms with Crippen molar-refractivity contribution in [1.29, 1.82) is 0 Å². The van der Waals surface area contributed by atoms with Crippen molar-refractivity contribution in [2.75, 3.05) is 11.5 Å². The molecule has 88 valence electrons. The van der Waals surface area contributed by atoms with Crippen LogP contribution in [0.1, 0.15) is 39.5 Å². The first-order valence-corrected chi connectivity index (χ1v) is 7.58. The van der Waals surface area contributed by atoms with Crippen molar-refractivity contribution in [3.8, 4) is 0 Å². The molecule has 2 rings (SSSR count). The topological polar surface area (TPSA) is 20.2 Å². The first-order valence-electron chi connectivity index (χ1n) is 6.42. The first kappa shape index (κ1) is 11.8. The molecule has 2 aliphatic rings. The minimum absolute atomic E-state index is 0.00907. The van der Waals surface area contributed by atoms with Gasteiger partial charge in [0.15, 0.2) is 0 Å². The zero-order valence-corrected chi connectivity index (χ0v) is 10.8. The van der Waals surface area contributed by atoms with Gasteiger partial charge in [-0.05, 0) is 60.9 Å². The van der Waals surface area contributed by atoms with Crippen molar-refractivity contribution in [2.24, 2.45) is 23.7 Å². The van der Waals surface area contributed by atoms with Gasteiger partial charge in [-0.2, -0.15) is 11.8 Å². The van der Waals surface area contributed by atoms with Crippen LogP contribution in [0.25, 0.3) is 0 Å². The number of rotatable bonds is 2. The molecule has 0 radical (unpaired) electrons. The fourth-order valence-electron chi connectivity index (χ4n) is 3.50. The Balaban J connectivity index is 1.90. The Morgan fingerprint density at radius 3 is 2.27 bits per heavy atom. The minimum Gasteiger partial charge on any atom is -0.393 e. The predicted octanol–water partition coefficient (Wildman–Crippen LogP) is 3.17. The highest BCUT2D eigenvalue weighted by Crippen LogP contribution is 2.39. The number of aliphatic hydroxyl groups excluding tert-OH is 1. The molecule has 2 heteroatoms. The van der Waals surface area contributed by atoms with E-state index in [1.165, 1.54) is 37.2 Å². The first-order chi connectivity index (χ1) is 7.16. The summed E-state index contributed by atoms with van der Waals surface area (Å²) in [5.74, 6) is 5.29. The zero-order valence-electron chi connectivity index (χ0n) is 9.98. The van der Waals surface area contributed by atoms with E-state index >= 15 is 0 Å². The maximum Gasteiger partial charge on any atom is 0.0604 e. The van der Waals surface area contributed by atoms with Gasteiger partial charge in [-0.1, -0.05) is 13.8 Å². The molecule has 15 heavy (non-hydrogen) atoms. The van der Waals surface area contributed by atoms with Gasteiger partial charge in [-0.25, -0.2) is 0 Å². The highest BCUT2D eigenvalue weighted by Gasteiger charge is 2.34. The minimum atomic E-state index is -0.00907. The van der Waals surface area contributed by atoms with E-state index in [0.717, 1.165) is 11.8 Å². The van der Waals surface area contributed by atoms with Crippen LogP contribution in [0.2, 0.25) is 0 Å². The standard InChI is InChI=1S/C13H24OS/c1-9-5-10(2)7-12(6-9)13(14)11-3-4-15-8-11/h9-14H,3-8H2,1-2H3. The Kier molecular flexibility index (Phi) is 4.00. The normalized spacial score (nSPS) is 44.2. The molecule has 0 bridgehead atoms. The Bertz CT molecular complexity index is 191. The number of thioether (sulfide) groups is 1. The van der Waals surface area contributed by atoms with E-state index in [2.05, 4.69) is 13.8 Å². The monoisotopic (exact) mass is 228 g/mol. The van der Waals surface area contributed by atoms with Gasteiger partial charge in [0.25, 0.3) is 0 Å². The SMILES string of the molecule is CC1CC(C)CC(C(O)C2CCSC2)C1. The van der Waals surface area contributed by atoms with E-state index in [0.29, 0.717) is 11.8 Å². The number of hydrogen-bond donors (Lipinski definition) is 1. The summed E-state index contributed by atoms with van der Waals surface area (Å²) in [7, 11) is 0. The second-order valence-corrected chi connectivity index (χ2v) is 6.94. The van der Waals surface area contributed by atoms with Crippen LogP contribution in [0.3, 0.4) is 0 Å². The van der Waals surface area contributed by atoms with Gasteiger partial charge in [0.2, 0.25) is 0 Å². The molecule has 1 aliphatic carbocycles. The molecule has 1 saturated carbocycles. The van der Waals surface area contributed by atoms with Crippen LogP contribution < -0.4 is 0 Å². The molecule has 0 amide bonds. The fourth-order valence-corrected chi connectivity index (χ4v) is 4.80. The van der Waals surface area contributed by atoms with Crippen molar-refractivity contribution < 1.29 is 5.11 Å². The quantitative estimate of drug-likeness (QED) is 0.783. The summed E-state index contributed by atoms with van der Waals surface area (Å²) in [6, 6.07) is 0. The second kappa shape index (κ2) is 5.09. The molecule has 0 aromatic carbocycles. The van der Waals surface area contributed by atoms with Crippen LogP contribution in [-0.2, 0) is 0 Å². The smallest absolute Gasteiger partial charge is 0.0604 e. The second-order valence-electron chi connectivity index (χ2n) is 5.79. The van der Waals surface area contributed by atoms with Gasteiger partial charge >= 0.3 is 0 Å². The van der Waals surface area contributed by atoms with Crippen molar-refractivity contribution in [3.63, 3.8) is 0 Å². The van der Waals surface area contributed by atoms with E-state index in [4.69, 9.17) is 0 Å². The van der Waals surface area contributed by atoms with Gasteiger partial charge in [-0.3, -0.25) is 0 Å². The van der Waals surface area contributed by atoms with Crippen LogP contribution >= 0.6 is 11.8 Å². The highest BCUT2D eigenvalue weighted by molar-refractivity contribution is 7.99. The molecule has 1 saturated heterocycles. The van der Waals surface area contributed by atoms with E-state index in [1.807, 2.05) is 11.8 Å². The van der Waals surface area contributed by atoms with Crippen LogP contribution in [0.15, 0.2) is 0 Å². The lowest BCUT2D eigenvalue weighted by molar-refractivity contribution is 0.0207. The zero-order chi connectivity index (χ0) is 10.8. The average Bonchev–Trinajstić information content (AvgIpc) is 2.67. The number of aliphatic hydroxyl groups is 1. The molecule has 4 atom stereocenters. The lowest BCUT2D eigenvalue weighted by Gasteiger charge is -2.36. The molecule has 0 aromatic heterocycles. The van der Waals surface area contributed by atoms with E-state index in [1.54, 1.807) is 0 Å². The van der Waals surface area contributed by atoms with Crippen LogP contribution in [0.4, 0.5) is 0 Å². The van der Waals surface area contributed by atoms with E-state index < -0.39 is 0 Å². The largest absolute Gasteiger partial charge is 0.393 e. The third-order valence-electron chi connectivity index (χ3n) is 4.15. The Labute approximate surface area is 98.0 Å². The molecule has 0 aromatic rings. The van der Waals surface area contributed by atoms with Crippen molar-refractivity contribution >= 4 is 11.8 Å². The summed E-state index contributed by atoms with van der Waals surface area (Å²) in [6.07, 6.45) is 5.11. The predicted molar refractivity (Wildman–Crippen MR) is 67.1 cm³/mol. The van der Waals surface area contributed by atoms with Gasteiger partial charge < -0.3 is 5.11 Å². The lowest BCUT2D eigenvalue weighted by atomic mass is 9.72. The Morgan fingerprint density at radius 2 is 1.73 bits per heavy atom. The summed E-state index contributed by atoms with van der Waals surface area (Å²) >= 11 is 2.02.